The fourth-order valence-corrected chi connectivity index (χ4v) is 5.33. The normalized spacial score (nSPS) is 15.4. The number of carbonyl (C=O) groups excluding carboxylic acids is 2. The van der Waals surface area contributed by atoms with E-state index >= 15 is 0 Å². The van der Waals surface area contributed by atoms with Crippen LogP contribution in [0.3, 0.4) is 0 Å². The molecule has 0 bridgehead atoms. The molecule has 0 unspecified atom stereocenters. The molecule has 9 heteroatoms. The number of halogens is 2. The van der Waals surface area contributed by atoms with Gasteiger partial charge in [-0.25, -0.2) is 9.80 Å². The number of nitrogens with two attached hydrogens (primary N) is 1. The second-order valence-electron chi connectivity index (χ2n) is 8.99. The lowest BCUT2D eigenvalue weighted by atomic mass is 9.79. The van der Waals surface area contributed by atoms with Crippen LogP contribution in [0.2, 0.25) is 10.0 Å². The summed E-state index contributed by atoms with van der Waals surface area (Å²) in [6.45, 7) is 0.515. The third-order valence-corrected chi connectivity index (χ3v) is 7.25. The molecule has 0 aliphatic heterocycles. The van der Waals surface area contributed by atoms with Gasteiger partial charge in [0, 0.05) is 6.42 Å². The summed E-state index contributed by atoms with van der Waals surface area (Å²) in [7, 11) is 0. The quantitative estimate of drug-likeness (QED) is 0.306. The van der Waals surface area contributed by atoms with Crippen molar-refractivity contribution < 1.29 is 19.5 Å². The molecule has 0 saturated heterocycles. The average Bonchev–Trinajstić information content (AvgIpc) is 3.31. The second-order valence-corrected chi connectivity index (χ2v) is 9.80. The minimum Gasteiger partial charge on any atom is -0.480 e. The molecule has 7 nitrogen and oxygen atoms in total. The number of carboxylic acid groups (broad SMARTS) is 1. The number of unbranched alkanes of at least 4 members (excludes halogenated alkanes) is 1. The summed E-state index contributed by atoms with van der Waals surface area (Å²) in [5.41, 5.74) is 8.21. The van der Waals surface area contributed by atoms with Crippen molar-refractivity contribution in [2.45, 2.75) is 57.4 Å². The summed E-state index contributed by atoms with van der Waals surface area (Å²) >= 11 is 12.4. The predicted molar refractivity (Wildman–Crippen MR) is 136 cm³/mol. The van der Waals surface area contributed by atoms with Crippen LogP contribution in [0.5, 0.6) is 0 Å². The van der Waals surface area contributed by atoms with Crippen molar-refractivity contribution >= 4 is 41.0 Å². The lowest BCUT2D eigenvalue weighted by Gasteiger charge is -2.37. The Hall–Kier alpha value is -2.61. The molecule has 0 heterocycles. The highest BCUT2D eigenvalue weighted by Crippen LogP contribution is 2.44. The SMILES string of the molecule is NCCCCC1(C(=O)N(NC(=O)c2c(Cl)cccc2Cl)[C@@H](Cc2ccccc2)C(=O)O)CCCC1. The van der Waals surface area contributed by atoms with E-state index in [2.05, 4.69) is 5.43 Å². The molecule has 1 atom stereocenters. The van der Waals surface area contributed by atoms with Crippen LogP contribution in [0.1, 0.15) is 60.9 Å². The van der Waals surface area contributed by atoms with Gasteiger partial charge in [0.1, 0.15) is 0 Å². The number of amides is 2. The third kappa shape index (κ3) is 6.54. The Morgan fingerprint density at radius 2 is 1.63 bits per heavy atom. The van der Waals surface area contributed by atoms with E-state index in [9.17, 15) is 19.5 Å². The maximum atomic E-state index is 14.1. The summed E-state index contributed by atoms with van der Waals surface area (Å²) in [5.74, 6) is -2.35. The summed E-state index contributed by atoms with van der Waals surface area (Å²) in [5, 5.41) is 11.4. The number of carboxylic acids is 1. The van der Waals surface area contributed by atoms with Gasteiger partial charge in [-0.05, 0) is 49.9 Å². The summed E-state index contributed by atoms with van der Waals surface area (Å²) in [6, 6.07) is 12.3. The van der Waals surface area contributed by atoms with Gasteiger partial charge >= 0.3 is 5.97 Å². The van der Waals surface area contributed by atoms with Gasteiger partial charge in [-0.2, -0.15) is 0 Å². The van der Waals surface area contributed by atoms with Gasteiger partial charge in [0.15, 0.2) is 6.04 Å². The molecular weight excluding hydrogens is 489 g/mol. The number of aliphatic carboxylic acids is 1. The number of carbonyl (C=O) groups is 3. The van der Waals surface area contributed by atoms with Crippen molar-refractivity contribution in [2.24, 2.45) is 11.1 Å². The molecule has 2 aromatic rings. The molecule has 1 saturated carbocycles. The average molecular weight is 520 g/mol. The van der Waals surface area contributed by atoms with E-state index in [0.29, 0.717) is 25.8 Å². The fourth-order valence-electron chi connectivity index (χ4n) is 4.76. The molecule has 1 aliphatic rings. The summed E-state index contributed by atoms with van der Waals surface area (Å²) in [4.78, 5) is 39.8. The zero-order valence-corrected chi connectivity index (χ0v) is 21.0. The van der Waals surface area contributed by atoms with Gasteiger partial charge in [0.05, 0.1) is 21.0 Å². The van der Waals surface area contributed by atoms with Crippen molar-refractivity contribution in [2.75, 3.05) is 6.54 Å². The number of hydrazine groups is 1. The van der Waals surface area contributed by atoms with Gasteiger partial charge < -0.3 is 10.8 Å². The van der Waals surface area contributed by atoms with Gasteiger partial charge in [-0.1, -0.05) is 78.9 Å². The van der Waals surface area contributed by atoms with Crippen molar-refractivity contribution in [1.29, 1.82) is 0 Å². The first-order valence-electron chi connectivity index (χ1n) is 11.8. The molecule has 0 radical (unpaired) electrons. The van der Waals surface area contributed by atoms with Crippen LogP contribution in [0.25, 0.3) is 0 Å². The summed E-state index contributed by atoms with van der Waals surface area (Å²) in [6.07, 6.45) is 5.11. The number of nitrogens with one attached hydrogen (secondary N) is 1. The molecule has 2 aromatic carbocycles. The second kappa shape index (κ2) is 12.4. The number of nitrogens with zero attached hydrogens (tertiary/aromatic N) is 1. The maximum absolute atomic E-state index is 14.1. The molecule has 2 amide bonds. The van der Waals surface area contributed by atoms with Crippen LogP contribution >= 0.6 is 23.2 Å². The Balaban J connectivity index is 2.00. The van der Waals surface area contributed by atoms with Gasteiger partial charge in [-0.3, -0.25) is 15.0 Å². The van der Waals surface area contributed by atoms with E-state index in [1.54, 1.807) is 30.3 Å². The van der Waals surface area contributed by atoms with Crippen molar-refractivity contribution in [3.8, 4) is 0 Å². The standard InChI is InChI=1S/C26H31Cl2N3O4/c27-19-11-8-12-20(28)22(19)23(32)30-31(21(24(33)34)17-18-9-2-1-3-10-18)25(35)26(13-4-5-14-26)15-6-7-16-29/h1-3,8-12,21H,4-7,13-17,29H2,(H,30,32)(H,33,34)/t21-/m0/s1. The largest absolute Gasteiger partial charge is 0.480 e. The first-order chi connectivity index (χ1) is 16.8. The first kappa shape index (κ1) is 27.0. The van der Waals surface area contributed by atoms with Crippen LogP contribution in [-0.2, 0) is 16.0 Å². The maximum Gasteiger partial charge on any atom is 0.328 e. The first-order valence-corrected chi connectivity index (χ1v) is 12.6. The van der Waals surface area contributed by atoms with Crippen LogP contribution in [0.15, 0.2) is 48.5 Å². The Bertz CT molecular complexity index is 1020. The monoisotopic (exact) mass is 519 g/mol. The number of benzene rings is 2. The zero-order chi connectivity index (χ0) is 25.4. The Morgan fingerprint density at radius 1 is 1.00 bits per heavy atom. The molecule has 1 aliphatic carbocycles. The Kier molecular flexibility index (Phi) is 9.55. The van der Waals surface area contributed by atoms with Crippen molar-refractivity contribution in [3.05, 3.63) is 69.7 Å². The number of hydrogen-bond acceptors (Lipinski definition) is 4. The van der Waals surface area contributed by atoms with E-state index in [-0.39, 0.29) is 22.0 Å². The van der Waals surface area contributed by atoms with E-state index < -0.39 is 29.2 Å². The number of hydrogen-bond donors (Lipinski definition) is 3. The lowest BCUT2D eigenvalue weighted by Crippen LogP contribution is -2.59. The van der Waals surface area contributed by atoms with Gasteiger partial charge in [0.25, 0.3) is 5.91 Å². The van der Waals surface area contributed by atoms with Gasteiger partial charge in [-0.15, -0.1) is 0 Å². The van der Waals surface area contributed by atoms with Crippen molar-refractivity contribution in [1.82, 2.24) is 10.4 Å². The van der Waals surface area contributed by atoms with Crippen LogP contribution in [-0.4, -0.2) is 40.5 Å². The Labute approximate surface area is 215 Å². The topological polar surface area (TPSA) is 113 Å². The smallest absolute Gasteiger partial charge is 0.328 e. The molecule has 1 fully saturated rings. The molecule has 0 aromatic heterocycles. The minimum atomic E-state index is -1.32. The van der Waals surface area contributed by atoms with Crippen molar-refractivity contribution in [3.63, 3.8) is 0 Å². The Morgan fingerprint density at radius 3 is 2.20 bits per heavy atom. The van der Waals surface area contributed by atoms with Crippen LogP contribution in [0, 0.1) is 5.41 Å². The summed E-state index contributed by atoms with van der Waals surface area (Å²) < 4.78 is 0. The molecule has 188 valence electrons. The fraction of sp³-hybridized carbons (Fsp3) is 0.423. The number of rotatable bonds is 10. The molecule has 3 rings (SSSR count). The van der Waals surface area contributed by atoms with E-state index in [1.165, 1.54) is 12.1 Å². The third-order valence-electron chi connectivity index (χ3n) is 6.62. The molecule has 0 spiro atoms. The highest BCUT2D eigenvalue weighted by molar-refractivity contribution is 6.39. The highest BCUT2D eigenvalue weighted by atomic mass is 35.5. The van der Waals surface area contributed by atoms with E-state index in [4.69, 9.17) is 28.9 Å². The zero-order valence-electron chi connectivity index (χ0n) is 19.5. The highest BCUT2D eigenvalue weighted by Gasteiger charge is 2.46. The molecular formula is C26H31Cl2N3O4. The molecule has 35 heavy (non-hydrogen) atoms. The van der Waals surface area contributed by atoms with E-state index in [0.717, 1.165) is 36.3 Å². The molecule has 4 N–H and O–H groups in total. The van der Waals surface area contributed by atoms with E-state index in [1.807, 2.05) is 6.07 Å². The van der Waals surface area contributed by atoms with Gasteiger partial charge in [0.2, 0.25) is 5.91 Å². The predicted octanol–water partition coefficient (Wildman–Crippen LogP) is 4.85. The lowest BCUT2D eigenvalue weighted by molar-refractivity contribution is -0.158. The van der Waals surface area contributed by atoms with Crippen LogP contribution < -0.4 is 11.2 Å². The van der Waals surface area contributed by atoms with Crippen LogP contribution in [0.4, 0.5) is 0 Å². The minimum absolute atomic E-state index is 0.0129.